The van der Waals surface area contributed by atoms with Crippen molar-refractivity contribution in [3.05, 3.63) is 82.2 Å². The zero-order chi connectivity index (χ0) is 13.4. The second-order valence-electron chi connectivity index (χ2n) is 4.37. The van der Waals surface area contributed by atoms with Crippen molar-refractivity contribution in [2.24, 2.45) is 0 Å². The number of fused-ring (bicyclic) bond motifs is 1. The Morgan fingerprint density at radius 2 is 1.80 bits per heavy atom. The molecule has 0 spiro atoms. The van der Waals surface area contributed by atoms with Crippen molar-refractivity contribution < 1.29 is 4.42 Å². The van der Waals surface area contributed by atoms with E-state index in [1.807, 2.05) is 24.3 Å². The van der Waals surface area contributed by atoms with Crippen molar-refractivity contribution in [3.8, 4) is 0 Å². The average Bonchev–Trinajstić information content (AvgIpc) is 3.21. The molecule has 1 aliphatic heterocycles. The minimum atomic E-state index is 0.898. The van der Waals surface area contributed by atoms with E-state index in [9.17, 15) is 0 Å². The molecule has 2 heterocycles. The van der Waals surface area contributed by atoms with Gasteiger partial charge in [0, 0.05) is 15.4 Å². The van der Waals surface area contributed by atoms with Crippen LogP contribution in [0.3, 0.4) is 0 Å². The Balaban J connectivity index is 1.86. The maximum atomic E-state index is 5.63. The Labute approximate surface area is 125 Å². The number of benzene rings is 1. The summed E-state index contributed by atoms with van der Waals surface area (Å²) < 4.78 is 6.88. The highest BCUT2D eigenvalue weighted by molar-refractivity contribution is 8.25. The van der Waals surface area contributed by atoms with Crippen LogP contribution in [0.5, 0.6) is 0 Å². The van der Waals surface area contributed by atoms with Crippen molar-refractivity contribution >= 4 is 29.1 Å². The monoisotopic (exact) mass is 294 g/mol. The first-order valence-electron chi connectivity index (χ1n) is 6.28. The minimum Gasteiger partial charge on any atom is -0.464 e. The molecular weight excluding hydrogens is 284 g/mol. The van der Waals surface area contributed by atoms with Crippen LogP contribution in [0.2, 0.25) is 0 Å². The van der Waals surface area contributed by atoms with Gasteiger partial charge in [-0.25, -0.2) is 0 Å². The summed E-state index contributed by atoms with van der Waals surface area (Å²) in [5, 5.41) is 0. The smallest absolute Gasteiger partial charge is 0.136 e. The molecule has 3 heteroatoms. The van der Waals surface area contributed by atoms with Crippen molar-refractivity contribution in [1.82, 2.24) is 0 Å². The van der Waals surface area contributed by atoms with Crippen LogP contribution in [0.4, 0.5) is 0 Å². The van der Waals surface area contributed by atoms with Crippen LogP contribution >= 0.6 is 23.5 Å². The summed E-state index contributed by atoms with van der Waals surface area (Å²) >= 11 is 3.61. The van der Waals surface area contributed by atoms with Gasteiger partial charge < -0.3 is 4.42 Å². The molecule has 0 amide bonds. The molecule has 0 saturated heterocycles. The van der Waals surface area contributed by atoms with E-state index in [1.165, 1.54) is 14.0 Å². The van der Waals surface area contributed by atoms with Gasteiger partial charge in [-0.15, -0.1) is 5.73 Å². The van der Waals surface area contributed by atoms with E-state index in [-0.39, 0.29) is 0 Å². The van der Waals surface area contributed by atoms with E-state index < -0.39 is 0 Å². The molecule has 0 atom stereocenters. The fourth-order valence-electron chi connectivity index (χ4n) is 2.19. The van der Waals surface area contributed by atoms with Gasteiger partial charge in [-0.2, -0.15) is 0 Å². The second-order valence-corrected chi connectivity index (χ2v) is 6.74. The lowest BCUT2D eigenvalue weighted by atomic mass is 10.1. The summed E-state index contributed by atoms with van der Waals surface area (Å²) in [4.78, 5) is 2.62. The highest BCUT2D eigenvalue weighted by atomic mass is 32.2. The molecule has 0 N–H and O–H groups in total. The lowest BCUT2D eigenvalue weighted by Crippen LogP contribution is -1.85. The lowest BCUT2D eigenvalue weighted by molar-refractivity contribution is 0.554. The third-order valence-corrected chi connectivity index (χ3v) is 5.65. The average molecular weight is 294 g/mol. The summed E-state index contributed by atoms with van der Waals surface area (Å²) in [5.41, 5.74) is 5.50. The third-order valence-electron chi connectivity index (χ3n) is 3.09. The maximum Gasteiger partial charge on any atom is 0.136 e. The largest absolute Gasteiger partial charge is 0.464 e. The van der Waals surface area contributed by atoms with Gasteiger partial charge in [-0.3, -0.25) is 0 Å². The summed E-state index contributed by atoms with van der Waals surface area (Å²) in [6.07, 6.45) is 7.75. The maximum absolute atomic E-state index is 5.63. The molecule has 0 unspecified atom stereocenters. The van der Waals surface area contributed by atoms with Crippen LogP contribution in [0.25, 0.3) is 5.57 Å². The summed E-state index contributed by atoms with van der Waals surface area (Å²) in [5.74, 6) is 0.898. The fraction of sp³-hybridized carbons (Fsp3) is 0. The van der Waals surface area contributed by atoms with Gasteiger partial charge in [0.25, 0.3) is 0 Å². The van der Waals surface area contributed by atoms with Crippen LogP contribution in [0.1, 0.15) is 5.76 Å². The molecule has 0 radical (unpaired) electrons. The summed E-state index contributed by atoms with van der Waals surface area (Å²) in [6, 6.07) is 12.4. The van der Waals surface area contributed by atoms with Gasteiger partial charge in [-0.1, -0.05) is 41.7 Å². The van der Waals surface area contributed by atoms with E-state index in [4.69, 9.17) is 4.42 Å². The predicted octanol–water partition coefficient (Wildman–Crippen LogP) is 5.50. The first-order chi connectivity index (χ1) is 9.92. The molecule has 20 heavy (non-hydrogen) atoms. The van der Waals surface area contributed by atoms with E-state index in [0.717, 1.165) is 16.9 Å². The van der Waals surface area contributed by atoms with Crippen LogP contribution in [0, 0.1) is 0 Å². The summed E-state index contributed by atoms with van der Waals surface area (Å²) in [7, 11) is 0. The van der Waals surface area contributed by atoms with Gasteiger partial charge in [0.1, 0.15) is 5.76 Å². The SMILES string of the molecule is C1=CC=CC=1C(=C1Sc2ccccc2S1)c1ccco1. The minimum absolute atomic E-state index is 0.898. The molecule has 2 aromatic rings. The van der Waals surface area contributed by atoms with Gasteiger partial charge >= 0.3 is 0 Å². The highest BCUT2D eigenvalue weighted by Crippen LogP contribution is 2.54. The quantitative estimate of drug-likeness (QED) is 0.679. The van der Waals surface area contributed by atoms with E-state index in [1.54, 1.807) is 29.8 Å². The normalized spacial score (nSPS) is 15.6. The number of thioether (sulfide) groups is 2. The van der Waals surface area contributed by atoms with Gasteiger partial charge in [0.05, 0.1) is 16.1 Å². The van der Waals surface area contributed by atoms with Gasteiger partial charge in [-0.05, 0) is 36.4 Å². The number of furan rings is 1. The number of rotatable bonds is 2. The number of allylic oxidation sites excluding steroid dienone is 4. The molecule has 4 rings (SSSR count). The van der Waals surface area contributed by atoms with Crippen LogP contribution in [-0.2, 0) is 0 Å². The number of hydrogen-bond donors (Lipinski definition) is 0. The molecule has 0 fully saturated rings. The van der Waals surface area contributed by atoms with Gasteiger partial charge in [0.2, 0.25) is 0 Å². The van der Waals surface area contributed by atoms with E-state index >= 15 is 0 Å². The molecule has 1 nitrogen and oxygen atoms in total. The molecule has 1 aromatic heterocycles. The Morgan fingerprint density at radius 3 is 2.40 bits per heavy atom. The van der Waals surface area contributed by atoms with Crippen molar-refractivity contribution in [1.29, 1.82) is 0 Å². The standard InChI is InChI=1S/C17H10OS2/c1-2-7-12(6-1)16(13-8-5-11-18-13)17-19-14-9-3-4-10-15(14)20-17/h1-6,8-11H. The topological polar surface area (TPSA) is 13.1 Å². The zero-order valence-electron chi connectivity index (χ0n) is 10.5. The first kappa shape index (κ1) is 12.0. The van der Waals surface area contributed by atoms with E-state index in [0.29, 0.717) is 0 Å². The molecule has 2 aliphatic rings. The van der Waals surface area contributed by atoms with Crippen molar-refractivity contribution in [2.45, 2.75) is 9.79 Å². The fourth-order valence-corrected chi connectivity index (χ4v) is 4.80. The zero-order valence-corrected chi connectivity index (χ0v) is 12.1. The molecule has 0 saturated carbocycles. The molecule has 0 bridgehead atoms. The first-order valence-corrected chi connectivity index (χ1v) is 7.92. The van der Waals surface area contributed by atoms with Crippen LogP contribution in [0.15, 0.2) is 90.6 Å². The Kier molecular flexibility index (Phi) is 2.96. The Morgan fingerprint density at radius 1 is 1.00 bits per heavy atom. The third kappa shape index (κ3) is 2.01. The Hall–Kier alpha value is -1.80. The van der Waals surface area contributed by atoms with E-state index in [2.05, 4.69) is 36.1 Å². The second kappa shape index (κ2) is 4.95. The molecular formula is C17H10OS2. The van der Waals surface area contributed by atoms with Crippen LogP contribution < -0.4 is 0 Å². The lowest BCUT2D eigenvalue weighted by Gasteiger charge is -2.06. The molecule has 1 aromatic carbocycles. The number of hydrogen-bond acceptors (Lipinski definition) is 3. The van der Waals surface area contributed by atoms with Crippen molar-refractivity contribution in [2.75, 3.05) is 0 Å². The Bertz CT molecular complexity index is 761. The van der Waals surface area contributed by atoms with Gasteiger partial charge in [0.15, 0.2) is 0 Å². The molecule has 96 valence electrons. The predicted molar refractivity (Wildman–Crippen MR) is 84.5 cm³/mol. The highest BCUT2D eigenvalue weighted by Gasteiger charge is 2.24. The summed E-state index contributed by atoms with van der Waals surface area (Å²) in [6.45, 7) is 0. The van der Waals surface area contributed by atoms with Crippen LogP contribution in [-0.4, -0.2) is 0 Å². The van der Waals surface area contributed by atoms with Crippen molar-refractivity contribution in [3.63, 3.8) is 0 Å². The molecule has 1 aliphatic carbocycles.